The van der Waals surface area contributed by atoms with E-state index in [9.17, 15) is 33.4 Å². The van der Waals surface area contributed by atoms with Crippen molar-refractivity contribution in [3.63, 3.8) is 0 Å². The molecular weight excluding hydrogens is 847 g/mol. The van der Waals surface area contributed by atoms with Gasteiger partial charge in [-0.25, -0.2) is 13.6 Å². The number of halogens is 2. The fourth-order valence-corrected chi connectivity index (χ4v) is 9.77. The van der Waals surface area contributed by atoms with Crippen molar-refractivity contribution in [3.8, 4) is 0 Å². The van der Waals surface area contributed by atoms with Crippen LogP contribution >= 0.6 is 0 Å². The number of pyridine rings is 1. The number of alkyl halides is 2. The van der Waals surface area contributed by atoms with Gasteiger partial charge in [-0.3, -0.25) is 39.2 Å². The van der Waals surface area contributed by atoms with Gasteiger partial charge >= 0.3 is 5.69 Å². The fourth-order valence-electron chi connectivity index (χ4n) is 9.77. The molecular formula is C48H58F2N12O4. The summed E-state index contributed by atoms with van der Waals surface area (Å²) in [5, 5.41) is 29.8. The minimum Gasteiger partial charge on any atom is -0.393 e. The topological polar surface area (TPSA) is 197 Å². The molecule has 0 spiro atoms. The SMILES string of the molecule is CN/C=C(\C=N)c1cc2c(cc1C(F)F)N(C(=N)C1=C(NC3CCN(CCc4ccc(CNc5cccc6c5n(C)c(=O)n6C5CCC(=O)NC5=O)nc4)CC3)CCN(C(C)=O)C1)CCC2. The number of rotatable bonds is 14. The minimum atomic E-state index is -2.77. The number of anilines is 2. The Labute approximate surface area is 382 Å². The Morgan fingerprint density at radius 2 is 1.83 bits per heavy atom. The molecule has 0 radical (unpaired) electrons. The molecule has 4 aliphatic rings. The molecule has 0 saturated carbocycles. The molecule has 3 amide bonds. The largest absolute Gasteiger partial charge is 0.393 e. The summed E-state index contributed by atoms with van der Waals surface area (Å²) < 4.78 is 32.1. The van der Waals surface area contributed by atoms with Gasteiger partial charge in [0.15, 0.2) is 0 Å². The number of imide groups is 1. The van der Waals surface area contributed by atoms with E-state index in [2.05, 4.69) is 32.2 Å². The molecule has 6 N–H and O–H groups in total. The highest BCUT2D eigenvalue weighted by Gasteiger charge is 2.34. The fraction of sp³-hybridized carbons (Fsp3) is 0.438. The first-order valence-electron chi connectivity index (χ1n) is 22.7. The van der Waals surface area contributed by atoms with Gasteiger partial charge in [-0.05, 0) is 85.5 Å². The molecule has 1 atom stereocenters. The van der Waals surface area contributed by atoms with E-state index in [4.69, 9.17) is 10.4 Å². The van der Waals surface area contributed by atoms with Gasteiger partial charge in [0, 0.05) is 119 Å². The summed E-state index contributed by atoms with van der Waals surface area (Å²) in [7, 11) is 3.34. The lowest BCUT2D eigenvalue weighted by Gasteiger charge is -2.39. The normalized spacial score (nSPS) is 18.7. The number of aryl methyl sites for hydroxylation is 2. The van der Waals surface area contributed by atoms with Crippen molar-refractivity contribution in [2.75, 3.05) is 56.5 Å². The second kappa shape index (κ2) is 19.8. The second-order valence-electron chi connectivity index (χ2n) is 17.5. The Bertz CT molecular complexity index is 2660. The summed E-state index contributed by atoms with van der Waals surface area (Å²) in [5.41, 5.74) is 7.19. The number of nitrogens with one attached hydrogen (secondary N) is 6. The Hall–Kier alpha value is -6.69. The number of hydrogen-bond acceptors (Lipinski definition) is 11. The second-order valence-corrected chi connectivity index (χ2v) is 17.5. The molecule has 4 aromatic rings. The number of benzene rings is 2. The predicted octanol–water partition coefficient (Wildman–Crippen LogP) is 5.01. The third kappa shape index (κ3) is 9.50. The molecule has 2 fully saturated rings. The van der Waals surface area contributed by atoms with Crippen LogP contribution in [0.25, 0.3) is 16.6 Å². The van der Waals surface area contributed by atoms with Crippen molar-refractivity contribution in [3.05, 3.63) is 105 Å². The van der Waals surface area contributed by atoms with Crippen LogP contribution in [0.2, 0.25) is 0 Å². The van der Waals surface area contributed by atoms with E-state index >= 15 is 0 Å². The molecule has 4 aliphatic heterocycles. The Morgan fingerprint density at radius 1 is 1.03 bits per heavy atom. The van der Waals surface area contributed by atoms with Gasteiger partial charge < -0.3 is 36.1 Å². The zero-order valence-corrected chi connectivity index (χ0v) is 37.7. The highest BCUT2D eigenvalue weighted by atomic mass is 19.3. The summed E-state index contributed by atoms with van der Waals surface area (Å²) in [4.78, 5) is 61.1. The lowest BCUT2D eigenvalue weighted by Crippen LogP contribution is -2.48. The van der Waals surface area contributed by atoms with Crippen molar-refractivity contribution in [2.45, 2.75) is 83.3 Å². The van der Waals surface area contributed by atoms with E-state index in [1.807, 2.05) is 35.4 Å². The third-order valence-electron chi connectivity index (χ3n) is 13.4. The summed E-state index contributed by atoms with van der Waals surface area (Å²) in [6, 6.07) is 12.3. The van der Waals surface area contributed by atoms with Crippen molar-refractivity contribution in [1.82, 2.24) is 39.9 Å². The van der Waals surface area contributed by atoms with Crippen molar-refractivity contribution in [1.29, 1.82) is 10.8 Å². The number of para-hydroxylation sites is 1. The number of amides is 3. The summed E-state index contributed by atoms with van der Waals surface area (Å²) in [5.74, 6) is -0.659. The molecule has 0 bridgehead atoms. The summed E-state index contributed by atoms with van der Waals surface area (Å²) >= 11 is 0. The molecule has 2 aromatic carbocycles. The van der Waals surface area contributed by atoms with Crippen LogP contribution in [-0.2, 0) is 40.8 Å². The molecule has 348 valence electrons. The average molecular weight is 905 g/mol. The number of likely N-dealkylation sites (tertiary alicyclic amines) is 1. The van der Waals surface area contributed by atoms with Gasteiger partial charge in [-0.2, -0.15) is 0 Å². The molecule has 2 aromatic heterocycles. The smallest absolute Gasteiger partial charge is 0.329 e. The van der Waals surface area contributed by atoms with Gasteiger partial charge in [0.1, 0.15) is 11.9 Å². The van der Waals surface area contributed by atoms with Crippen LogP contribution in [0.4, 0.5) is 20.2 Å². The standard InChI is InChI=1S/C48H58F2N12O4/c1-29(63)60-21-16-38(37(28-60)46(52)61-17-5-6-31-22-35(32(24-51)26-53-2)36(45(49)50)23-42(31)61)56-33-14-19-59(20-15-33)18-13-30-9-10-34(54-25-30)27-55-39-7-4-8-40-44(39)58(3)48(66)62(40)41-11-12-43(64)57-47(41)65/h4,7-10,22-26,33,41,45,51-53,55-56H,5-6,11-21,27-28H2,1-3H3,(H,57,64,65)/b32-26+,51-24?,52-46?. The molecule has 0 aliphatic carbocycles. The van der Waals surface area contributed by atoms with Gasteiger partial charge in [0.25, 0.3) is 6.43 Å². The van der Waals surface area contributed by atoms with Crippen LogP contribution < -0.4 is 31.9 Å². The molecule has 8 rings (SSSR count). The molecule has 16 nitrogen and oxygen atoms in total. The van der Waals surface area contributed by atoms with Gasteiger partial charge in [0.2, 0.25) is 17.7 Å². The zero-order valence-electron chi connectivity index (χ0n) is 37.7. The zero-order chi connectivity index (χ0) is 46.6. The molecule has 1 unspecified atom stereocenters. The number of fused-ring (bicyclic) bond motifs is 2. The lowest BCUT2D eigenvalue weighted by atomic mass is 9.91. The number of piperidine rings is 2. The predicted molar refractivity (Wildman–Crippen MR) is 251 cm³/mol. The number of nitrogens with zero attached hydrogens (tertiary/aromatic N) is 6. The number of hydrogen-bond donors (Lipinski definition) is 6. The number of carbonyl (C=O) groups excluding carboxylic acids is 3. The average Bonchev–Trinajstić information content (AvgIpc) is 3.57. The van der Waals surface area contributed by atoms with Crippen LogP contribution in [0, 0.1) is 10.8 Å². The first kappa shape index (κ1) is 45.9. The molecule has 66 heavy (non-hydrogen) atoms. The van der Waals surface area contributed by atoms with E-state index < -0.39 is 18.4 Å². The highest BCUT2D eigenvalue weighted by Crippen LogP contribution is 2.38. The first-order valence-corrected chi connectivity index (χ1v) is 22.7. The molecule has 18 heteroatoms. The maximum atomic E-state index is 14.6. The number of imidazole rings is 1. The van der Waals surface area contributed by atoms with Gasteiger partial charge in [0.05, 0.1) is 35.5 Å². The van der Waals surface area contributed by atoms with E-state index in [0.29, 0.717) is 65.9 Å². The maximum absolute atomic E-state index is 14.6. The van der Waals surface area contributed by atoms with Crippen LogP contribution in [0.15, 0.2) is 70.9 Å². The molecule has 2 saturated heterocycles. The van der Waals surface area contributed by atoms with Crippen molar-refractivity contribution < 1.29 is 23.2 Å². The van der Waals surface area contributed by atoms with Gasteiger partial charge in [-0.15, -0.1) is 0 Å². The van der Waals surface area contributed by atoms with Crippen LogP contribution in [0.5, 0.6) is 0 Å². The van der Waals surface area contributed by atoms with Crippen LogP contribution in [0.1, 0.15) is 85.9 Å². The third-order valence-corrected chi connectivity index (χ3v) is 13.4. The van der Waals surface area contributed by atoms with Crippen LogP contribution in [-0.4, -0.2) is 106 Å². The monoisotopic (exact) mass is 904 g/mol. The Kier molecular flexibility index (Phi) is 13.8. The van der Waals surface area contributed by atoms with Gasteiger partial charge in [-0.1, -0.05) is 12.1 Å². The summed E-state index contributed by atoms with van der Waals surface area (Å²) in [6.45, 7) is 5.92. The number of aromatic nitrogens is 3. The maximum Gasteiger partial charge on any atom is 0.329 e. The lowest BCUT2D eigenvalue weighted by molar-refractivity contribution is -0.135. The van der Waals surface area contributed by atoms with Crippen molar-refractivity contribution >= 4 is 57.8 Å². The number of allylic oxidation sites excluding steroid dienone is 1. The van der Waals surface area contributed by atoms with Crippen LogP contribution in [0.3, 0.4) is 0 Å². The highest BCUT2D eigenvalue weighted by molar-refractivity contribution is 6.11. The van der Waals surface area contributed by atoms with E-state index in [0.717, 1.165) is 79.7 Å². The van der Waals surface area contributed by atoms with E-state index in [-0.39, 0.29) is 54.3 Å². The quantitative estimate of drug-likeness (QED) is 0.0569. The number of carbonyl (C=O) groups is 3. The first-order chi connectivity index (χ1) is 31.8. The number of amidine groups is 1. The Morgan fingerprint density at radius 3 is 2.53 bits per heavy atom. The summed E-state index contributed by atoms with van der Waals surface area (Å²) in [6.07, 6.45) is 6.79. The van der Waals surface area contributed by atoms with Crippen molar-refractivity contribution in [2.24, 2.45) is 7.05 Å². The van der Waals surface area contributed by atoms with E-state index in [1.165, 1.54) is 28.3 Å². The molecule has 6 heterocycles. The Balaban J connectivity index is 0.879. The minimum absolute atomic E-state index is 0.0724. The van der Waals surface area contributed by atoms with E-state index in [1.54, 1.807) is 25.1 Å².